The summed E-state index contributed by atoms with van der Waals surface area (Å²) in [5.41, 5.74) is 6.31. The minimum atomic E-state index is -0.441. The molecule has 5 nitrogen and oxygen atoms in total. The monoisotopic (exact) mass is 519 g/mol. The van der Waals surface area contributed by atoms with E-state index in [1.807, 2.05) is 78.7 Å². The highest BCUT2D eigenvalue weighted by atomic mass is 16.7. The van der Waals surface area contributed by atoms with Crippen LogP contribution in [0.3, 0.4) is 0 Å². The lowest BCUT2D eigenvalue weighted by Gasteiger charge is -2.29. The second-order valence-electron chi connectivity index (χ2n) is 11.4. The number of hydrogen-bond donors (Lipinski definition) is 0. The van der Waals surface area contributed by atoms with E-state index in [0.717, 1.165) is 41.0 Å². The quantitative estimate of drug-likeness (QED) is 0.268. The highest BCUT2D eigenvalue weighted by Gasteiger charge is 2.48. The number of carbonyl (C=O) groups excluding carboxylic acids is 1. The van der Waals surface area contributed by atoms with Gasteiger partial charge in [0.25, 0.3) is 5.91 Å². The van der Waals surface area contributed by atoms with Crippen LogP contribution in [-0.4, -0.2) is 21.8 Å². The number of benzene rings is 3. The SMILES string of the molecule is CC(C)[C@H]1CC[C@@H](C)c2c1nn(C(=O)[C@@H]1[C@@H](C)ON(c3ccccc3)[C@H]1c1ccccc1)c2-c1ccccc1. The highest BCUT2D eigenvalue weighted by molar-refractivity contribution is 5.88. The predicted octanol–water partition coefficient (Wildman–Crippen LogP) is 8.03. The molecule has 39 heavy (non-hydrogen) atoms. The molecule has 6 rings (SSSR count). The Kier molecular flexibility index (Phi) is 6.86. The lowest BCUT2D eigenvalue weighted by molar-refractivity contribution is 0.0620. The normalized spacial score (nSPS) is 24.6. The number of fused-ring (bicyclic) bond motifs is 1. The number of para-hydroxylation sites is 1. The summed E-state index contributed by atoms with van der Waals surface area (Å²) in [6.45, 7) is 8.82. The largest absolute Gasteiger partial charge is 0.272 e. The first-order chi connectivity index (χ1) is 19.0. The van der Waals surface area contributed by atoms with Gasteiger partial charge in [0.05, 0.1) is 35.1 Å². The molecule has 5 heteroatoms. The van der Waals surface area contributed by atoms with E-state index in [-0.39, 0.29) is 18.1 Å². The molecule has 1 fully saturated rings. The van der Waals surface area contributed by atoms with Crippen molar-refractivity contribution in [2.45, 2.75) is 64.5 Å². The molecule has 3 aromatic carbocycles. The average molecular weight is 520 g/mol. The van der Waals surface area contributed by atoms with Crippen LogP contribution in [0.5, 0.6) is 0 Å². The average Bonchev–Trinajstić information content (AvgIpc) is 3.53. The van der Waals surface area contributed by atoms with E-state index in [4.69, 9.17) is 9.94 Å². The van der Waals surface area contributed by atoms with Gasteiger partial charge in [0.2, 0.25) is 0 Å². The van der Waals surface area contributed by atoms with Crippen molar-refractivity contribution in [1.29, 1.82) is 0 Å². The zero-order valence-corrected chi connectivity index (χ0v) is 23.2. The lowest BCUT2D eigenvalue weighted by atomic mass is 9.75. The van der Waals surface area contributed by atoms with E-state index >= 15 is 0 Å². The van der Waals surface area contributed by atoms with Gasteiger partial charge in [0.1, 0.15) is 0 Å². The van der Waals surface area contributed by atoms with Crippen LogP contribution in [0.25, 0.3) is 11.3 Å². The molecule has 4 aromatic rings. The molecule has 5 atom stereocenters. The molecule has 0 amide bonds. The summed E-state index contributed by atoms with van der Waals surface area (Å²) in [7, 11) is 0. The number of carbonyl (C=O) groups is 1. The van der Waals surface area contributed by atoms with Gasteiger partial charge in [0.15, 0.2) is 0 Å². The second kappa shape index (κ2) is 10.5. The Morgan fingerprint density at radius 1 is 0.872 bits per heavy atom. The molecule has 1 saturated heterocycles. The van der Waals surface area contributed by atoms with E-state index < -0.39 is 5.92 Å². The van der Waals surface area contributed by atoms with E-state index in [9.17, 15) is 4.79 Å². The standard InChI is InChI=1S/C34H37N3O2/c1-22(2)28-21-20-23(3)29-31(28)35-36(32(29)25-14-8-5-9-15-25)34(38)30-24(4)39-37(27-18-12-7-13-19-27)33(30)26-16-10-6-11-17-26/h5-19,22-24,28,30,33H,20-21H2,1-4H3/t23-,24-,28-,30-,33+/m1/s1. The molecular formula is C34H37N3O2. The minimum Gasteiger partial charge on any atom is -0.272 e. The number of rotatable bonds is 5. The smallest absolute Gasteiger partial charge is 0.255 e. The molecule has 0 radical (unpaired) electrons. The first-order valence-corrected chi connectivity index (χ1v) is 14.2. The van der Waals surface area contributed by atoms with Crippen molar-refractivity contribution >= 4 is 11.6 Å². The number of anilines is 1. The molecule has 1 aromatic heterocycles. The summed E-state index contributed by atoms with van der Waals surface area (Å²) >= 11 is 0. The lowest BCUT2D eigenvalue weighted by Crippen LogP contribution is -2.33. The van der Waals surface area contributed by atoms with Crippen LogP contribution in [0.4, 0.5) is 5.69 Å². The van der Waals surface area contributed by atoms with Crippen LogP contribution in [0.15, 0.2) is 91.0 Å². The zero-order chi connectivity index (χ0) is 27.1. The van der Waals surface area contributed by atoms with Crippen LogP contribution in [-0.2, 0) is 4.84 Å². The van der Waals surface area contributed by atoms with Gasteiger partial charge < -0.3 is 0 Å². The van der Waals surface area contributed by atoms with Crippen LogP contribution in [0, 0.1) is 11.8 Å². The summed E-state index contributed by atoms with van der Waals surface area (Å²) in [6, 6.07) is 30.4. The molecule has 0 bridgehead atoms. The van der Waals surface area contributed by atoms with Crippen LogP contribution in [0.2, 0.25) is 0 Å². The third-order valence-electron chi connectivity index (χ3n) is 8.58. The van der Waals surface area contributed by atoms with Crippen molar-refractivity contribution in [3.05, 3.63) is 108 Å². The molecule has 0 unspecified atom stereocenters. The molecule has 0 N–H and O–H groups in total. The molecule has 2 heterocycles. The van der Waals surface area contributed by atoms with Crippen molar-refractivity contribution in [2.24, 2.45) is 11.8 Å². The number of hydrogen-bond acceptors (Lipinski definition) is 4. The van der Waals surface area contributed by atoms with Crippen molar-refractivity contribution < 1.29 is 9.63 Å². The topological polar surface area (TPSA) is 47.4 Å². The second-order valence-corrected chi connectivity index (χ2v) is 11.4. The number of aromatic nitrogens is 2. The summed E-state index contributed by atoms with van der Waals surface area (Å²) < 4.78 is 1.74. The van der Waals surface area contributed by atoms with Gasteiger partial charge in [-0.15, -0.1) is 0 Å². The van der Waals surface area contributed by atoms with E-state index in [0.29, 0.717) is 17.8 Å². The van der Waals surface area contributed by atoms with Gasteiger partial charge in [0, 0.05) is 17.0 Å². The van der Waals surface area contributed by atoms with Gasteiger partial charge >= 0.3 is 0 Å². The molecule has 0 saturated carbocycles. The fraction of sp³-hybridized carbons (Fsp3) is 0.353. The molecular weight excluding hydrogens is 482 g/mol. The maximum atomic E-state index is 14.8. The van der Waals surface area contributed by atoms with Gasteiger partial charge in [-0.2, -0.15) is 9.78 Å². The van der Waals surface area contributed by atoms with Gasteiger partial charge in [-0.25, -0.2) is 5.06 Å². The van der Waals surface area contributed by atoms with Gasteiger partial charge in [-0.1, -0.05) is 99.6 Å². The number of nitrogens with zero attached hydrogens (tertiary/aromatic N) is 3. The van der Waals surface area contributed by atoms with Crippen LogP contribution < -0.4 is 5.06 Å². The summed E-state index contributed by atoms with van der Waals surface area (Å²) in [4.78, 5) is 21.3. The first-order valence-electron chi connectivity index (χ1n) is 14.2. The summed E-state index contributed by atoms with van der Waals surface area (Å²) in [6.07, 6.45) is 1.88. The number of hydroxylamine groups is 1. The Hall–Kier alpha value is -3.70. The molecule has 2 aliphatic rings. The van der Waals surface area contributed by atoms with Crippen molar-refractivity contribution in [1.82, 2.24) is 9.78 Å². The Morgan fingerprint density at radius 2 is 1.49 bits per heavy atom. The predicted molar refractivity (Wildman–Crippen MR) is 156 cm³/mol. The third-order valence-corrected chi connectivity index (χ3v) is 8.58. The zero-order valence-electron chi connectivity index (χ0n) is 23.2. The van der Waals surface area contributed by atoms with Crippen LogP contribution in [0.1, 0.15) is 80.0 Å². The Balaban J connectivity index is 1.52. The van der Waals surface area contributed by atoms with Crippen molar-refractivity contribution in [3.8, 4) is 11.3 Å². The highest BCUT2D eigenvalue weighted by Crippen LogP contribution is 2.48. The minimum absolute atomic E-state index is 0.0160. The fourth-order valence-corrected chi connectivity index (χ4v) is 6.58. The Bertz CT molecular complexity index is 1430. The molecule has 200 valence electrons. The van der Waals surface area contributed by atoms with E-state index in [2.05, 4.69) is 45.0 Å². The summed E-state index contributed by atoms with van der Waals surface area (Å²) in [5, 5.41) is 7.10. The maximum absolute atomic E-state index is 14.8. The van der Waals surface area contributed by atoms with Gasteiger partial charge in [-0.3, -0.25) is 9.63 Å². The maximum Gasteiger partial charge on any atom is 0.255 e. The van der Waals surface area contributed by atoms with E-state index in [1.165, 1.54) is 5.56 Å². The summed E-state index contributed by atoms with van der Waals surface area (Å²) in [5.74, 6) is 0.685. The van der Waals surface area contributed by atoms with Crippen molar-refractivity contribution in [3.63, 3.8) is 0 Å². The Labute approximate surface area is 231 Å². The fourth-order valence-electron chi connectivity index (χ4n) is 6.58. The molecule has 1 aliphatic heterocycles. The van der Waals surface area contributed by atoms with Gasteiger partial charge in [-0.05, 0) is 49.3 Å². The third kappa shape index (κ3) is 4.49. The van der Waals surface area contributed by atoms with E-state index in [1.54, 1.807) is 4.68 Å². The molecule has 1 aliphatic carbocycles. The Morgan fingerprint density at radius 3 is 2.13 bits per heavy atom. The van der Waals surface area contributed by atoms with Crippen molar-refractivity contribution in [2.75, 3.05) is 5.06 Å². The molecule has 0 spiro atoms. The first kappa shape index (κ1) is 25.6. The van der Waals surface area contributed by atoms with Crippen LogP contribution >= 0.6 is 0 Å².